The molecule has 2 unspecified atom stereocenters. The monoisotopic (exact) mass is 452 g/mol. The summed E-state index contributed by atoms with van der Waals surface area (Å²) >= 11 is 7.34. The highest BCUT2D eigenvalue weighted by Crippen LogP contribution is 2.34. The molecule has 0 aliphatic carbocycles. The molecule has 0 saturated heterocycles. The lowest BCUT2D eigenvalue weighted by atomic mass is 9.93. The number of nitrogens with zero attached hydrogens (tertiary/aromatic N) is 2. The molecule has 1 aromatic heterocycles. The Morgan fingerprint density at radius 1 is 1.41 bits per heavy atom. The van der Waals surface area contributed by atoms with Crippen LogP contribution in [0.25, 0.3) is 0 Å². The largest absolute Gasteiger partial charge is 0.484 e. The zero-order valence-corrected chi connectivity index (χ0v) is 17.8. The Morgan fingerprint density at radius 3 is 3.07 bits per heavy atom. The molecule has 2 N–H and O–H groups in total. The summed E-state index contributed by atoms with van der Waals surface area (Å²) in [4.78, 5) is 3.80. The number of ether oxygens (including phenoxy) is 1. The van der Waals surface area contributed by atoms with Crippen molar-refractivity contribution in [1.29, 1.82) is 0 Å². The molecule has 0 fully saturated rings. The van der Waals surface area contributed by atoms with Gasteiger partial charge in [-0.25, -0.2) is 13.6 Å². The van der Waals surface area contributed by atoms with E-state index in [1.807, 2.05) is 19.1 Å². The van der Waals surface area contributed by atoms with Gasteiger partial charge in [0.2, 0.25) is 5.13 Å². The fourth-order valence-electron chi connectivity index (χ4n) is 3.27. The van der Waals surface area contributed by atoms with Gasteiger partial charge in [0, 0.05) is 24.1 Å². The third-order valence-electron chi connectivity index (χ3n) is 4.65. The predicted octanol–water partition coefficient (Wildman–Crippen LogP) is 4.25. The first-order valence-electron chi connectivity index (χ1n) is 8.95. The van der Waals surface area contributed by atoms with Gasteiger partial charge in [-0.05, 0) is 42.6 Å². The summed E-state index contributed by atoms with van der Waals surface area (Å²) in [5.74, 6) is -0.474. The van der Waals surface area contributed by atoms with Crippen LogP contribution in [0.2, 0.25) is 5.02 Å². The lowest BCUT2D eigenvalue weighted by Gasteiger charge is -2.24. The van der Waals surface area contributed by atoms with Crippen LogP contribution in [0.15, 0.2) is 41.6 Å². The number of benzene rings is 2. The van der Waals surface area contributed by atoms with Crippen LogP contribution in [0.1, 0.15) is 29.7 Å². The molecule has 0 amide bonds. The number of anilines is 1. The summed E-state index contributed by atoms with van der Waals surface area (Å²) in [5, 5.41) is 3.88. The highest BCUT2D eigenvalue weighted by atomic mass is 35.5. The Hall–Kier alpha value is -2.07. The Kier molecular flexibility index (Phi) is 6.09. The molecule has 2 aromatic carbocycles. The second-order valence-electron chi connectivity index (χ2n) is 6.50. The first-order valence-corrected chi connectivity index (χ1v) is 11.2. The number of halogens is 2. The molecule has 2 heterocycles. The molecule has 4 rings (SSSR count). The number of fused-ring (bicyclic) bond motifs is 1. The van der Waals surface area contributed by atoms with Crippen LogP contribution in [0, 0.1) is 5.82 Å². The Labute approximate surface area is 179 Å². The maximum atomic E-state index is 14.6. The van der Waals surface area contributed by atoms with E-state index in [1.54, 1.807) is 0 Å². The van der Waals surface area contributed by atoms with Gasteiger partial charge < -0.3 is 10.1 Å². The molecule has 0 spiro atoms. The fraction of sp³-hybridized carbons (Fsp3) is 0.263. The molecule has 0 radical (unpaired) electrons. The van der Waals surface area contributed by atoms with Crippen molar-refractivity contribution < 1.29 is 13.3 Å². The standard InChI is InChI=1S/C19H18ClFN4O2S2/c1-11(13-4-2-3-12-5-6-22-9-14(12)13)27-17-8-16(21)18(7-15(17)20)29(26)25-19-23-10-24-28-19/h2-4,7-8,10-11,22H,5-6,9H2,1H3,(H,23,24,25). The van der Waals surface area contributed by atoms with Gasteiger partial charge in [-0.3, -0.25) is 4.72 Å². The average molecular weight is 453 g/mol. The van der Waals surface area contributed by atoms with Crippen LogP contribution in [-0.4, -0.2) is 20.1 Å². The number of nitrogens with one attached hydrogen (secondary N) is 2. The Morgan fingerprint density at radius 2 is 2.28 bits per heavy atom. The maximum absolute atomic E-state index is 14.6. The van der Waals surface area contributed by atoms with Gasteiger partial charge in [0.15, 0.2) is 11.0 Å². The quantitative estimate of drug-likeness (QED) is 0.584. The van der Waals surface area contributed by atoms with Gasteiger partial charge in [-0.2, -0.15) is 4.37 Å². The normalized spacial score (nSPS) is 15.4. The smallest absolute Gasteiger partial charge is 0.214 e. The van der Waals surface area contributed by atoms with E-state index in [0.29, 0.717) is 5.13 Å². The van der Waals surface area contributed by atoms with Gasteiger partial charge in [0.05, 0.1) is 9.92 Å². The zero-order chi connectivity index (χ0) is 20.4. The molecule has 3 aromatic rings. The van der Waals surface area contributed by atoms with Gasteiger partial charge in [0.1, 0.15) is 24.0 Å². The second-order valence-corrected chi connectivity index (χ2v) is 8.87. The lowest BCUT2D eigenvalue weighted by molar-refractivity contribution is 0.224. The minimum absolute atomic E-state index is 0.0773. The summed E-state index contributed by atoms with van der Waals surface area (Å²) in [6.45, 7) is 3.63. The number of rotatable bonds is 6. The van der Waals surface area contributed by atoms with Crippen molar-refractivity contribution in [1.82, 2.24) is 14.7 Å². The third-order valence-corrected chi connectivity index (χ3v) is 6.75. The highest BCUT2D eigenvalue weighted by molar-refractivity contribution is 7.86. The summed E-state index contributed by atoms with van der Waals surface area (Å²) in [5.41, 5.74) is 3.54. The van der Waals surface area contributed by atoms with Crippen molar-refractivity contribution in [2.75, 3.05) is 11.3 Å². The van der Waals surface area contributed by atoms with Crippen molar-refractivity contribution in [2.45, 2.75) is 30.9 Å². The number of aromatic nitrogens is 2. The number of hydrogen-bond donors (Lipinski definition) is 2. The van der Waals surface area contributed by atoms with E-state index in [9.17, 15) is 8.60 Å². The maximum Gasteiger partial charge on any atom is 0.214 e. The predicted molar refractivity (Wildman–Crippen MR) is 112 cm³/mol. The van der Waals surface area contributed by atoms with Gasteiger partial charge >= 0.3 is 0 Å². The van der Waals surface area contributed by atoms with Crippen LogP contribution in [0.5, 0.6) is 5.75 Å². The minimum atomic E-state index is -1.86. The van der Waals surface area contributed by atoms with Crippen LogP contribution in [0.4, 0.5) is 9.52 Å². The van der Waals surface area contributed by atoms with Crippen LogP contribution in [-0.2, 0) is 24.0 Å². The summed E-state index contributed by atoms with van der Waals surface area (Å²) in [6.07, 6.45) is 1.97. The SMILES string of the molecule is CC(Oc1cc(F)c(S(=O)Nc2ncns2)cc1Cl)c1cccc2c1CNCC2. The van der Waals surface area contributed by atoms with Crippen molar-refractivity contribution in [3.8, 4) is 5.75 Å². The molecule has 29 heavy (non-hydrogen) atoms. The van der Waals surface area contributed by atoms with E-state index in [1.165, 1.54) is 29.6 Å². The van der Waals surface area contributed by atoms with E-state index in [4.69, 9.17) is 16.3 Å². The van der Waals surface area contributed by atoms with Crippen molar-refractivity contribution >= 4 is 39.3 Å². The van der Waals surface area contributed by atoms with Crippen LogP contribution >= 0.6 is 23.1 Å². The molecule has 1 aliphatic heterocycles. The van der Waals surface area contributed by atoms with E-state index >= 15 is 0 Å². The molecular formula is C19H18ClFN4O2S2. The molecule has 10 heteroatoms. The lowest BCUT2D eigenvalue weighted by Crippen LogP contribution is -2.25. The van der Waals surface area contributed by atoms with Gasteiger partial charge in [-0.15, -0.1) is 0 Å². The first kappa shape index (κ1) is 20.2. The van der Waals surface area contributed by atoms with Gasteiger partial charge in [0.25, 0.3) is 0 Å². The van der Waals surface area contributed by atoms with E-state index in [-0.39, 0.29) is 21.8 Å². The van der Waals surface area contributed by atoms with Crippen LogP contribution in [0.3, 0.4) is 0 Å². The zero-order valence-electron chi connectivity index (χ0n) is 15.4. The molecule has 1 aliphatic rings. The minimum Gasteiger partial charge on any atom is -0.484 e. The van der Waals surface area contributed by atoms with Crippen molar-refractivity contribution in [3.05, 3.63) is 64.2 Å². The van der Waals surface area contributed by atoms with Crippen LogP contribution < -0.4 is 14.8 Å². The Balaban J connectivity index is 1.55. The summed E-state index contributed by atoms with van der Waals surface area (Å²) in [6, 6.07) is 8.61. The highest BCUT2D eigenvalue weighted by Gasteiger charge is 2.21. The fourth-order valence-corrected chi connectivity index (χ4v) is 4.99. The van der Waals surface area contributed by atoms with Gasteiger partial charge in [-0.1, -0.05) is 29.8 Å². The van der Waals surface area contributed by atoms with E-state index in [0.717, 1.165) is 36.6 Å². The second kappa shape index (κ2) is 8.74. The van der Waals surface area contributed by atoms with E-state index < -0.39 is 16.8 Å². The first-order chi connectivity index (χ1) is 14.0. The third kappa shape index (κ3) is 4.42. The molecular weight excluding hydrogens is 435 g/mol. The number of hydrogen-bond acceptors (Lipinski definition) is 6. The molecule has 0 bridgehead atoms. The molecule has 6 nitrogen and oxygen atoms in total. The topological polar surface area (TPSA) is 76.1 Å². The van der Waals surface area contributed by atoms with Crippen molar-refractivity contribution in [3.63, 3.8) is 0 Å². The molecule has 0 saturated carbocycles. The molecule has 2 atom stereocenters. The summed E-state index contributed by atoms with van der Waals surface area (Å²) < 4.78 is 39.4. The van der Waals surface area contributed by atoms with Crippen molar-refractivity contribution in [2.24, 2.45) is 0 Å². The average Bonchev–Trinajstić information content (AvgIpc) is 3.22. The summed E-state index contributed by atoms with van der Waals surface area (Å²) in [7, 11) is -1.86. The Bertz CT molecular complexity index is 1050. The van der Waals surface area contributed by atoms with E-state index in [2.05, 4.69) is 25.5 Å². The molecule has 152 valence electrons.